The van der Waals surface area contributed by atoms with Crippen molar-refractivity contribution in [2.45, 2.75) is 26.0 Å². The zero-order valence-corrected chi connectivity index (χ0v) is 14.3. The molecule has 0 bridgehead atoms. The van der Waals surface area contributed by atoms with Gasteiger partial charge in [-0.2, -0.15) is 5.10 Å². The van der Waals surface area contributed by atoms with Gasteiger partial charge < -0.3 is 19.2 Å². The molecule has 0 radical (unpaired) electrons. The van der Waals surface area contributed by atoms with E-state index >= 15 is 0 Å². The van der Waals surface area contributed by atoms with E-state index in [1.165, 1.54) is 0 Å². The Morgan fingerprint density at radius 2 is 2.16 bits per heavy atom. The number of fused-ring (bicyclic) bond motifs is 1. The van der Waals surface area contributed by atoms with Gasteiger partial charge in [-0.05, 0) is 18.6 Å². The molecule has 1 N–H and O–H groups in total. The molecule has 2 aromatic heterocycles. The lowest BCUT2D eigenvalue weighted by Crippen LogP contribution is -2.04. The maximum Gasteiger partial charge on any atom is 0.315 e. The van der Waals surface area contributed by atoms with Crippen LogP contribution in [0, 0.1) is 6.92 Å². The predicted molar refractivity (Wildman–Crippen MR) is 89.6 cm³/mol. The van der Waals surface area contributed by atoms with Crippen molar-refractivity contribution in [3.05, 3.63) is 47.0 Å². The van der Waals surface area contributed by atoms with Crippen LogP contribution in [0.15, 0.2) is 28.7 Å². The van der Waals surface area contributed by atoms with Crippen LogP contribution in [0.25, 0.3) is 0 Å². The van der Waals surface area contributed by atoms with Crippen molar-refractivity contribution >= 4 is 6.01 Å². The minimum Gasteiger partial charge on any atom is -0.481 e. The molecule has 0 unspecified atom stereocenters. The Hall–Kier alpha value is -3.03. The molecule has 1 aliphatic rings. The van der Waals surface area contributed by atoms with Crippen molar-refractivity contribution in [1.82, 2.24) is 20.0 Å². The minimum absolute atomic E-state index is 0.241. The summed E-state index contributed by atoms with van der Waals surface area (Å²) in [5.41, 5.74) is 2.99. The number of nitrogens with one attached hydrogen (secondary N) is 1. The SMILES string of the molecule is COc1c(CNc2nnc([C@H]3Cc4ccccc4O3)o2)c(C)nn1C. The number of ether oxygens (including phenoxy) is 2. The van der Waals surface area contributed by atoms with E-state index in [-0.39, 0.29) is 6.10 Å². The summed E-state index contributed by atoms with van der Waals surface area (Å²) in [6, 6.07) is 8.28. The van der Waals surface area contributed by atoms with Crippen LogP contribution >= 0.6 is 0 Å². The minimum atomic E-state index is -0.241. The molecule has 0 spiro atoms. The lowest BCUT2D eigenvalue weighted by Gasteiger charge is -2.06. The fourth-order valence-corrected chi connectivity index (χ4v) is 3.06. The highest BCUT2D eigenvalue weighted by atomic mass is 16.5. The lowest BCUT2D eigenvalue weighted by molar-refractivity contribution is 0.199. The summed E-state index contributed by atoms with van der Waals surface area (Å²) in [5, 5.41) is 15.6. The van der Waals surface area contributed by atoms with Crippen molar-refractivity contribution < 1.29 is 13.9 Å². The average molecular weight is 341 g/mol. The van der Waals surface area contributed by atoms with E-state index in [2.05, 4.69) is 20.6 Å². The van der Waals surface area contributed by atoms with Crippen LogP contribution in [-0.2, 0) is 20.0 Å². The number of methoxy groups -OCH3 is 1. The third-order valence-electron chi connectivity index (χ3n) is 4.26. The van der Waals surface area contributed by atoms with E-state index in [4.69, 9.17) is 13.9 Å². The summed E-state index contributed by atoms with van der Waals surface area (Å²) in [6.07, 6.45) is 0.489. The maximum absolute atomic E-state index is 5.87. The summed E-state index contributed by atoms with van der Waals surface area (Å²) in [4.78, 5) is 0. The molecule has 1 aromatic carbocycles. The number of aromatic nitrogens is 4. The van der Waals surface area contributed by atoms with Gasteiger partial charge in [-0.1, -0.05) is 23.3 Å². The lowest BCUT2D eigenvalue weighted by atomic mass is 10.1. The second-order valence-corrected chi connectivity index (χ2v) is 5.91. The van der Waals surface area contributed by atoms with Crippen LogP contribution in [0.1, 0.15) is 28.8 Å². The summed E-state index contributed by atoms with van der Waals surface area (Å²) < 4.78 is 18.7. The van der Waals surface area contributed by atoms with E-state index in [1.807, 2.05) is 38.2 Å². The number of rotatable bonds is 5. The number of hydrogen-bond donors (Lipinski definition) is 1. The molecular weight excluding hydrogens is 322 g/mol. The van der Waals surface area contributed by atoms with E-state index in [1.54, 1.807) is 11.8 Å². The van der Waals surface area contributed by atoms with Gasteiger partial charge in [0.05, 0.1) is 24.9 Å². The molecule has 1 aliphatic heterocycles. The molecule has 130 valence electrons. The van der Waals surface area contributed by atoms with E-state index in [0.717, 1.165) is 29.0 Å². The molecule has 8 nitrogen and oxygen atoms in total. The van der Waals surface area contributed by atoms with Crippen molar-refractivity contribution in [3.63, 3.8) is 0 Å². The number of aryl methyl sites for hydroxylation is 2. The van der Waals surface area contributed by atoms with Gasteiger partial charge >= 0.3 is 6.01 Å². The largest absolute Gasteiger partial charge is 0.481 e. The van der Waals surface area contributed by atoms with Crippen LogP contribution < -0.4 is 14.8 Å². The smallest absolute Gasteiger partial charge is 0.315 e. The van der Waals surface area contributed by atoms with Crippen molar-refractivity contribution in [1.29, 1.82) is 0 Å². The number of para-hydroxylation sites is 1. The highest BCUT2D eigenvalue weighted by molar-refractivity contribution is 5.38. The van der Waals surface area contributed by atoms with Crippen molar-refractivity contribution in [2.24, 2.45) is 7.05 Å². The number of hydrogen-bond acceptors (Lipinski definition) is 7. The third-order valence-corrected chi connectivity index (χ3v) is 4.26. The number of nitrogens with zero attached hydrogens (tertiary/aromatic N) is 4. The van der Waals surface area contributed by atoms with E-state index in [9.17, 15) is 0 Å². The number of anilines is 1. The maximum atomic E-state index is 5.87. The molecule has 0 aliphatic carbocycles. The Kier molecular flexibility index (Phi) is 3.79. The Bertz CT molecular complexity index is 877. The first-order valence-electron chi connectivity index (χ1n) is 8.04. The van der Waals surface area contributed by atoms with Gasteiger partial charge in [0.25, 0.3) is 5.89 Å². The van der Waals surface area contributed by atoms with Gasteiger partial charge in [0, 0.05) is 13.5 Å². The second-order valence-electron chi connectivity index (χ2n) is 5.91. The topological polar surface area (TPSA) is 87.2 Å². The average Bonchev–Trinajstić information content (AvgIpc) is 3.29. The van der Waals surface area contributed by atoms with Crippen molar-refractivity contribution in [2.75, 3.05) is 12.4 Å². The van der Waals surface area contributed by atoms with Crippen LogP contribution in [0.3, 0.4) is 0 Å². The molecule has 4 rings (SSSR count). The fourth-order valence-electron chi connectivity index (χ4n) is 3.06. The molecule has 8 heteroatoms. The second kappa shape index (κ2) is 6.12. The van der Waals surface area contributed by atoms with Gasteiger partial charge in [0.2, 0.25) is 5.88 Å². The van der Waals surface area contributed by atoms with Crippen LogP contribution in [0.2, 0.25) is 0 Å². The molecule has 0 fully saturated rings. The van der Waals surface area contributed by atoms with Gasteiger partial charge in [0.1, 0.15) is 5.75 Å². The quantitative estimate of drug-likeness (QED) is 0.762. The van der Waals surface area contributed by atoms with Crippen LogP contribution in [0.4, 0.5) is 6.01 Å². The Morgan fingerprint density at radius 1 is 1.32 bits per heavy atom. The normalized spacial score (nSPS) is 15.7. The molecule has 3 heterocycles. The summed E-state index contributed by atoms with van der Waals surface area (Å²) in [7, 11) is 3.47. The first kappa shape index (κ1) is 15.5. The summed E-state index contributed by atoms with van der Waals surface area (Å²) in [6.45, 7) is 2.42. The zero-order valence-electron chi connectivity index (χ0n) is 14.3. The first-order valence-corrected chi connectivity index (χ1v) is 8.04. The van der Waals surface area contributed by atoms with E-state index in [0.29, 0.717) is 24.3 Å². The Morgan fingerprint density at radius 3 is 2.96 bits per heavy atom. The molecule has 25 heavy (non-hydrogen) atoms. The summed E-state index contributed by atoms with van der Waals surface area (Å²) in [5.74, 6) is 2.05. The Labute approximate surface area is 144 Å². The highest BCUT2D eigenvalue weighted by Gasteiger charge is 2.28. The fraction of sp³-hybridized carbons (Fsp3) is 0.353. The monoisotopic (exact) mass is 341 g/mol. The third kappa shape index (κ3) is 2.79. The standard InChI is InChI=1S/C17H19N5O3/c1-10-12(16(23-3)22(2)21-10)9-18-17-20-19-15(25-17)14-8-11-6-4-5-7-13(11)24-14/h4-7,14H,8-9H2,1-3H3,(H,18,20)/t14-/m1/s1. The Balaban J connectivity index is 1.45. The van der Waals surface area contributed by atoms with E-state index < -0.39 is 0 Å². The van der Waals surface area contributed by atoms with Crippen molar-refractivity contribution in [3.8, 4) is 11.6 Å². The number of benzene rings is 1. The molecule has 3 aromatic rings. The molecule has 0 amide bonds. The van der Waals surface area contributed by atoms with Crippen LogP contribution in [0.5, 0.6) is 11.6 Å². The van der Waals surface area contributed by atoms with Gasteiger partial charge in [-0.3, -0.25) is 0 Å². The molecule has 0 saturated carbocycles. The molecular formula is C17H19N5O3. The predicted octanol–water partition coefficient (Wildman–Crippen LogP) is 2.41. The first-order chi connectivity index (χ1) is 12.2. The van der Waals surface area contributed by atoms with Crippen LogP contribution in [-0.4, -0.2) is 27.1 Å². The zero-order chi connectivity index (χ0) is 17.4. The van der Waals surface area contributed by atoms with Gasteiger partial charge in [-0.25, -0.2) is 4.68 Å². The van der Waals surface area contributed by atoms with Gasteiger partial charge in [-0.15, -0.1) is 5.10 Å². The molecule has 1 atom stereocenters. The molecule has 0 saturated heterocycles. The van der Waals surface area contributed by atoms with Gasteiger partial charge in [0.15, 0.2) is 6.10 Å². The highest BCUT2D eigenvalue weighted by Crippen LogP contribution is 2.36. The summed E-state index contributed by atoms with van der Waals surface area (Å²) >= 11 is 0.